The number of carboxylic acids is 1. The van der Waals surface area contributed by atoms with Crippen molar-refractivity contribution >= 4 is 18.2 Å². The summed E-state index contributed by atoms with van der Waals surface area (Å²) >= 11 is 0. The molecule has 0 saturated heterocycles. The van der Waals surface area contributed by atoms with Gasteiger partial charge in [0.25, 0.3) is 0 Å². The predicted molar refractivity (Wildman–Crippen MR) is 288 cm³/mol. The Kier molecular flexibility index (Phi) is 16.6. The molecule has 0 radical (unpaired) electrons. The van der Waals surface area contributed by atoms with Gasteiger partial charge >= 0.3 is 18.2 Å². The van der Waals surface area contributed by atoms with E-state index in [2.05, 4.69) is 36.4 Å². The maximum Gasteiger partial charge on any atom is 0.416 e. The van der Waals surface area contributed by atoms with Crippen LogP contribution in [0.2, 0.25) is 0 Å². The zero-order valence-corrected chi connectivity index (χ0v) is 43.4. The summed E-state index contributed by atoms with van der Waals surface area (Å²) in [5.41, 5.74) is 8.49. The first kappa shape index (κ1) is 52.2. The molecule has 2 saturated carbocycles. The molecule has 0 bridgehead atoms. The maximum atomic E-state index is 12.7. The molecule has 2 amide bonds. The monoisotopic (exact) mass is 1020 g/mol. The van der Waals surface area contributed by atoms with Gasteiger partial charge in [0.15, 0.2) is 0 Å². The molecule has 4 atom stereocenters. The predicted octanol–water partition coefficient (Wildman–Crippen LogP) is 13.1. The topological polar surface area (TPSA) is 167 Å². The molecule has 76 heavy (non-hydrogen) atoms. The number of oxazole rings is 2. The Bertz CT molecular complexity index is 3190. The third kappa shape index (κ3) is 13.5. The van der Waals surface area contributed by atoms with E-state index in [0.717, 1.165) is 76.6 Å². The summed E-state index contributed by atoms with van der Waals surface area (Å²) in [5, 5.41) is 9.33. The Balaban J connectivity index is 0.000000186. The van der Waals surface area contributed by atoms with Gasteiger partial charge in [0, 0.05) is 30.8 Å². The highest BCUT2D eigenvalue weighted by Crippen LogP contribution is 2.50. The van der Waals surface area contributed by atoms with Crippen molar-refractivity contribution in [3.63, 3.8) is 0 Å². The summed E-state index contributed by atoms with van der Waals surface area (Å²) in [7, 11) is 3.15. The number of aromatic nitrogens is 2. The Labute approximate surface area is 442 Å². The molecule has 390 valence electrons. The third-order valence-electron chi connectivity index (χ3n) is 13.9. The van der Waals surface area contributed by atoms with E-state index in [-0.39, 0.29) is 12.6 Å². The van der Waals surface area contributed by atoms with E-state index in [1.807, 2.05) is 93.6 Å². The highest BCUT2D eigenvalue weighted by molar-refractivity contribution is 5.78. The van der Waals surface area contributed by atoms with Gasteiger partial charge in [-0.3, -0.25) is 9.69 Å². The first-order valence-corrected chi connectivity index (χ1v) is 25.6. The fraction of sp³-hybridized carbons (Fsp3) is 0.274. The summed E-state index contributed by atoms with van der Waals surface area (Å²) in [4.78, 5) is 49.2. The van der Waals surface area contributed by atoms with Gasteiger partial charge in [-0.1, -0.05) is 84.9 Å². The van der Waals surface area contributed by atoms with Gasteiger partial charge < -0.3 is 37.8 Å². The summed E-state index contributed by atoms with van der Waals surface area (Å²) in [6, 6.07) is 50.1. The van der Waals surface area contributed by atoms with Crippen molar-refractivity contribution in [1.82, 2.24) is 19.8 Å². The number of carbonyl (C=O) groups excluding carboxylic acids is 2. The van der Waals surface area contributed by atoms with Crippen molar-refractivity contribution in [3.05, 3.63) is 203 Å². The Morgan fingerprint density at radius 3 is 1.30 bits per heavy atom. The molecule has 0 spiro atoms. The number of hydrogen-bond acceptors (Lipinski definition) is 11. The molecule has 10 rings (SSSR count). The number of aliphatic carboxylic acids is 1. The largest absolute Gasteiger partial charge is 0.497 e. The van der Waals surface area contributed by atoms with Crippen molar-refractivity contribution in [2.24, 2.45) is 11.8 Å². The van der Waals surface area contributed by atoms with E-state index in [4.69, 9.17) is 37.7 Å². The molecule has 14 nitrogen and oxygen atoms in total. The fourth-order valence-corrected chi connectivity index (χ4v) is 9.36. The van der Waals surface area contributed by atoms with Crippen molar-refractivity contribution in [1.29, 1.82) is 0 Å². The number of amides is 2. The second-order valence-corrected chi connectivity index (χ2v) is 19.2. The van der Waals surface area contributed by atoms with Crippen LogP contribution < -0.4 is 18.9 Å². The number of methoxy groups -OCH3 is 2. The molecule has 2 heterocycles. The summed E-state index contributed by atoms with van der Waals surface area (Å²) in [6.07, 6.45) is 2.92. The lowest BCUT2D eigenvalue weighted by Crippen LogP contribution is -2.37. The van der Waals surface area contributed by atoms with Gasteiger partial charge in [-0.05, 0) is 165 Å². The zero-order chi connectivity index (χ0) is 53.1. The van der Waals surface area contributed by atoms with Crippen LogP contribution >= 0.6 is 0 Å². The van der Waals surface area contributed by atoms with Gasteiger partial charge in [-0.15, -0.1) is 0 Å². The van der Waals surface area contributed by atoms with Crippen LogP contribution in [0.15, 0.2) is 167 Å². The lowest BCUT2D eigenvalue weighted by molar-refractivity contribution is -0.138. The van der Waals surface area contributed by atoms with Crippen molar-refractivity contribution in [2.75, 3.05) is 27.3 Å². The normalized spacial score (nSPS) is 16.1. The minimum Gasteiger partial charge on any atom is -0.497 e. The van der Waals surface area contributed by atoms with Gasteiger partial charge in [0.1, 0.15) is 41.1 Å². The molecule has 2 fully saturated rings. The number of benzene rings is 6. The minimum absolute atomic E-state index is 0.121. The molecular formula is C62H62N4O10. The van der Waals surface area contributed by atoms with Gasteiger partial charge in [-0.25, -0.2) is 19.6 Å². The van der Waals surface area contributed by atoms with Crippen molar-refractivity contribution < 1.29 is 47.3 Å². The smallest absolute Gasteiger partial charge is 0.416 e. The van der Waals surface area contributed by atoms with Gasteiger partial charge in [0.05, 0.1) is 25.6 Å². The molecule has 14 heteroatoms. The van der Waals surface area contributed by atoms with Crippen LogP contribution in [0.1, 0.15) is 76.8 Å². The van der Waals surface area contributed by atoms with Crippen molar-refractivity contribution in [3.8, 4) is 45.9 Å². The van der Waals surface area contributed by atoms with E-state index in [1.54, 1.807) is 67.7 Å². The maximum absolute atomic E-state index is 12.7. The first-order valence-electron chi connectivity index (χ1n) is 25.6. The van der Waals surface area contributed by atoms with Crippen LogP contribution in [0.5, 0.6) is 23.0 Å². The lowest BCUT2D eigenvalue weighted by Gasteiger charge is -2.20. The van der Waals surface area contributed by atoms with Gasteiger partial charge in [0.2, 0.25) is 11.8 Å². The average molecular weight is 1020 g/mol. The Morgan fingerprint density at radius 1 is 0.539 bits per heavy atom. The van der Waals surface area contributed by atoms with Crippen LogP contribution in [0.4, 0.5) is 9.59 Å². The highest BCUT2D eigenvalue weighted by atomic mass is 16.6. The van der Waals surface area contributed by atoms with E-state index in [9.17, 15) is 19.5 Å². The lowest BCUT2D eigenvalue weighted by atomic mass is 10.0. The van der Waals surface area contributed by atoms with E-state index >= 15 is 0 Å². The molecule has 2 aliphatic rings. The van der Waals surface area contributed by atoms with Gasteiger partial charge in [-0.2, -0.15) is 0 Å². The average Bonchev–Trinajstić information content (AvgIpc) is 4.34. The number of aryl methyl sites for hydroxylation is 2. The quantitative estimate of drug-likeness (QED) is 0.0815. The van der Waals surface area contributed by atoms with Crippen molar-refractivity contribution in [2.45, 2.75) is 71.4 Å². The van der Waals surface area contributed by atoms with E-state index < -0.39 is 18.6 Å². The summed E-state index contributed by atoms with van der Waals surface area (Å²) < 4.78 is 33.0. The standard InChI is InChI=1S/C31H30N2O6.C31H32N2O4/c1-20-28(32-30(38-20)23-6-4-3-5-7-23)17-24-16-27(24)22-10-8-21(9-11-22)18-33(19-29(34)35)31(36)39-26-14-12-25(37-2)13-15-26;1-4-33(31(34)37-27-16-14-26(35-3)15-17-27)20-22-10-12-23(13-11-22)28-18-25(28)19-29-21(2)36-30(32-29)24-8-6-5-7-9-24/h3-15,24,27H,16-19H2,1-2H3,(H,34,35);5-17,25,28H,4,18-20H2,1-3H3/t24-,27+;25-,28+/m00/s1. The first-order chi connectivity index (χ1) is 36.9. The SMILES string of the molecule is CCN(Cc1ccc([C@H]2C[C@H]2Cc2nc(-c3ccccc3)oc2C)cc1)C(=O)Oc1ccc(OC)cc1.COc1ccc(OC(=O)N(CC(=O)O)Cc2ccc([C@H]3C[C@H]3Cc3nc(-c4ccccc4)oc3C)cc2)cc1. The minimum atomic E-state index is -1.11. The Morgan fingerprint density at radius 2 is 0.921 bits per heavy atom. The van der Waals surface area contributed by atoms with Crippen LogP contribution in [0.25, 0.3) is 22.9 Å². The van der Waals surface area contributed by atoms with Crippen LogP contribution in [-0.4, -0.2) is 70.3 Å². The van der Waals surface area contributed by atoms with E-state index in [0.29, 0.717) is 65.8 Å². The second-order valence-electron chi connectivity index (χ2n) is 19.2. The molecule has 0 unspecified atom stereocenters. The van der Waals surface area contributed by atoms with Crippen LogP contribution in [0.3, 0.4) is 0 Å². The molecule has 6 aromatic carbocycles. The number of hydrogen-bond donors (Lipinski definition) is 1. The number of ether oxygens (including phenoxy) is 4. The summed E-state index contributed by atoms with van der Waals surface area (Å²) in [5.74, 6) is 6.19. The number of carboxylic acid groups (broad SMARTS) is 1. The third-order valence-corrected chi connectivity index (χ3v) is 13.9. The fourth-order valence-electron chi connectivity index (χ4n) is 9.36. The number of rotatable bonds is 19. The highest BCUT2D eigenvalue weighted by Gasteiger charge is 2.40. The molecular weight excluding hydrogens is 961 g/mol. The van der Waals surface area contributed by atoms with Crippen LogP contribution in [0, 0.1) is 25.7 Å². The molecule has 2 aromatic heterocycles. The van der Waals surface area contributed by atoms with Crippen LogP contribution in [-0.2, 0) is 30.7 Å². The molecule has 2 aliphatic carbocycles. The zero-order valence-electron chi connectivity index (χ0n) is 43.4. The molecule has 8 aromatic rings. The number of nitrogens with zero attached hydrogens (tertiary/aromatic N) is 4. The molecule has 0 aliphatic heterocycles. The van der Waals surface area contributed by atoms with E-state index in [1.165, 1.54) is 16.0 Å². The second kappa shape index (κ2) is 24.1. The Hall–Kier alpha value is -8.65. The number of carbonyl (C=O) groups is 3. The molecule has 1 N–H and O–H groups in total. The summed E-state index contributed by atoms with van der Waals surface area (Å²) in [6.45, 7) is 6.63.